The second kappa shape index (κ2) is 48.5. The SMILES string of the molecule is CC/C=C\C/C=C\C/C=C\C/C=C\CCCCC(=O)OC[C@@H](COC(=O)CCCCCCCCCCCCCCC)OC(=O)CCCCCCC/C=C\C/C=C\CCCC. The van der Waals surface area contributed by atoms with Crippen LogP contribution in [0.1, 0.15) is 233 Å². The van der Waals surface area contributed by atoms with Crippen molar-refractivity contribution >= 4 is 17.9 Å². The highest BCUT2D eigenvalue weighted by Gasteiger charge is 2.19. The molecule has 0 aliphatic heterocycles. The number of esters is 3. The summed E-state index contributed by atoms with van der Waals surface area (Å²) in [5.41, 5.74) is 0. The number of rotatable bonds is 44. The Balaban J connectivity index is 4.47. The second-order valence-electron chi connectivity index (χ2n) is 16.3. The van der Waals surface area contributed by atoms with Crippen LogP contribution in [0.2, 0.25) is 0 Å². The fourth-order valence-electron chi connectivity index (χ4n) is 6.68. The molecule has 0 amide bonds. The van der Waals surface area contributed by atoms with E-state index in [2.05, 4.69) is 93.7 Å². The summed E-state index contributed by atoms with van der Waals surface area (Å²) in [4.78, 5) is 37.9. The van der Waals surface area contributed by atoms with Gasteiger partial charge in [0.2, 0.25) is 0 Å². The number of ether oxygens (including phenoxy) is 3. The molecule has 0 saturated carbocycles. The summed E-state index contributed by atoms with van der Waals surface area (Å²) < 4.78 is 16.7. The van der Waals surface area contributed by atoms with Crippen molar-refractivity contribution in [3.63, 3.8) is 0 Å². The fraction of sp³-hybridized carbons (Fsp3) is 0.722. The van der Waals surface area contributed by atoms with Crippen molar-refractivity contribution in [3.05, 3.63) is 72.9 Å². The van der Waals surface area contributed by atoms with Gasteiger partial charge in [-0.1, -0.05) is 203 Å². The lowest BCUT2D eigenvalue weighted by Gasteiger charge is -2.18. The molecule has 0 aromatic carbocycles. The van der Waals surface area contributed by atoms with E-state index in [4.69, 9.17) is 14.2 Å². The van der Waals surface area contributed by atoms with Crippen LogP contribution >= 0.6 is 0 Å². The Morgan fingerprint density at radius 3 is 1.10 bits per heavy atom. The average Bonchev–Trinajstić information content (AvgIpc) is 3.24. The highest BCUT2D eigenvalue weighted by molar-refractivity contribution is 5.71. The van der Waals surface area contributed by atoms with Crippen LogP contribution in [0.5, 0.6) is 0 Å². The zero-order chi connectivity index (χ0) is 43.7. The predicted octanol–water partition coefficient (Wildman–Crippen LogP) is 16.3. The van der Waals surface area contributed by atoms with E-state index in [0.29, 0.717) is 19.3 Å². The third kappa shape index (κ3) is 45.9. The first-order valence-electron chi connectivity index (χ1n) is 24.9. The second-order valence-corrected chi connectivity index (χ2v) is 16.3. The van der Waals surface area contributed by atoms with Gasteiger partial charge in [0, 0.05) is 19.3 Å². The van der Waals surface area contributed by atoms with Crippen LogP contribution in [-0.4, -0.2) is 37.2 Å². The Bertz CT molecular complexity index is 1140. The molecule has 0 fully saturated rings. The molecule has 0 rings (SSSR count). The van der Waals surface area contributed by atoms with Gasteiger partial charge >= 0.3 is 17.9 Å². The van der Waals surface area contributed by atoms with E-state index in [1.165, 1.54) is 83.5 Å². The Labute approximate surface area is 370 Å². The minimum atomic E-state index is -0.797. The summed E-state index contributed by atoms with van der Waals surface area (Å²) in [5.74, 6) is -0.950. The van der Waals surface area contributed by atoms with Crippen molar-refractivity contribution in [1.82, 2.24) is 0 Å². The smallest absolute Gasteiger partial charge is 0.306 e. The van der Waals surface area contributed by atoms with E-state index in [-0.39, 0.29) is 31.1 Å². The fourth-order valence-corrected chi connectivity index (χ4v) is 6.68. The van der Waals surface area contributed by atoms with Gasteiger partial charge in [-0.05, 0) is 83.5 Å². The standard InChI is InChI=1S/C54H92O6/c1-4-7-10-13-16-19-22-25-27-30-32-35-38-41-44-47-53(56)59-50-51(49-58-52(55)46-43-40-37-34-31-28-24-21-18-15-12-9-6-3)60-54(57)48-45-42-39-36-33-29-26-23-20-17-14-11-8-5-2/h7,10,14,16-17,19,23,25-27,32,35,51H,4-6,8-9,11-13,15,18,20-22,24,28-31,33-34,36-50H2,1-3H3/b10-7-,17-14-,19-16-,26-23-,27-25-,35-32-/t51-/m1/s1. The number of unbranched alkanes of at least 4 members (excludes halogenated alkanes) is 21. The van der Waals surface area contributed by atoms with E-state index in [1.807, 2.05) is 0 Å². The lowest BCUT2D eigenvalue weighted by molar-refractivity contribution is -0.167. The topological polar surface area (TPSA) is 78.9 Å². The molecule has 0 spiro atoms. The Morgan fingerprint density at radius 1 is 0.350 bits per heavy atom. The first-order chi connectivity index (χ1) is 29.5. The molecule has 0 unspecified atom stereocenters. The summed E-state index contributed by atoms with van der Waals surface area (Å²) in [6.07, 6.45) is 60.2. The van der Waals surface area contributed by atoms with E-state index in [9.17, 15) is 14.4 Å². The molecule has 0 aliphatic rings. The van der Waals surface area contributed by atoms with Gasteiger partial charge in [-0.2, -0.15) is 0 Å². The largest absolute Gasteiger partial charge is 0.462 e. The molecule has 6 nitrogen and oxygen atoms in total. The molecule has 0 aliphatic carbocycles. The molecule has 0 heterocycles. The number of carbonyl (C=O) groups excluding carboxylic acids is 3. The molecule has 6 heteroatoms. The summed E-state index contributed by atoms with van der Waals surface area (Å²) in [6, 6.07) is 0. The number of hydrogen-bond acceptors (Lipinski definition) is 6. The minimum absolute atomic E-state index is 0.0931. The van der Waals surface area contributed by atoms with Crippen LogP contribution in [0.3, 0.4) is 0 Å². The van der Waals surface area contributed by atoms with Gasteiger partial charge in [0.15, 0.2) is 6.10 Å². The third-order valence-corrected chi connectivity index (χ3v) is 10.4. The quantitative estimate of drug-likeness (QED) is 0.0263. The molecular weight excluding hydrogens is 745 g/mol. The van der Waals surface area contributed by atoms with Crippen molar-refractivity contribution in [2.75, 3.05) is 13.2 Å². The van der Waals surface area contributed by atoms with Crippen LogP contribution in [-0.2, 0) is 28.6 Å². The molecule has 0 aromatic rings. The molecular formula is C54H92O6. The zero-order valence-corrected chi connectivity index (χ0v) is 39.2. The molecule has 344 valence electrons. The summed E-state index contributed by atoms with van der Waals surface area (Å²) >= 11 is 0. The van der Waals surface area contributed by atoms with Gasteiger partial charge in [-0.25, -0.2) is 0 Å². The van der Waals surface area contributed by atoms with Crippen LogP contribution < -0.4 is 0 Å². The van der Waals surface area contributed by atoms with E-state index >= 15 is 0 Å². The maximum absolute atomic E-state index is 12.8. The number of hydrogen-bond donors (Lipinski definition) is 0. The van der Waals surface area contributed by atoms with Gasteiger partial charge in [-0.3, -0.25) is 14.4 Å². The van der Waals surface area contributed by atoms with Gasteiger partial charge in [0.1, 0.15) is 13.2 Å². The average molecular weight is 837 g/mol. The highest BCUT2D eigenvalue weighted by atomic mass is 16.6. The summed E-state index contributed by atoms with van der Waals surface area (Å²) in [6.45, 7) is 6.43. The number of carbonyl (C=O) groups is 3. The molecule has 0 aromatic heterocycles. The Morgan fingerprint density at radius 2 is 0.667 bits per heavy atom. The van der Waals surface area contributed by atoms with Crippen molar-refractivity contribution in [3.8, 4) is 0 Å². The molecule has 0 N–H and O–H groups in total. The maximum atomic E-state index is 12.8. The van der Waals surface area contributed by atoms with Crippen molar-refractivity contribution < 1.29 is 28.6 Å². The minimum Gasteiger partial charge on any atom is -0.462 e. The highest BCUT2D eigenvalue weighted by Crippen LogP contribution is 2.14. The Hall–Kier alpha value is -3.15. The zero-order valence-electron chi connectivity index (χ0n) is 39.2. The first kappa shape index (κ1) is 56.9. The molecule has 0 radical (unpaired) electrons. The van der Waals surface area contributed by atoms with Gasteiger partial charge < -0.3 is 14.2 Å². The maximum Gasteiger partial charge on any atom is 0.306 e. The van der Waals surface area contributed by atoms with Crippen LogP contribution in [0.25, 0.3) is 0 Å². The van der Waals surface area contributed by atoms with E-state index in [1.54, 1.807) is 0 Å². The number of allylic oxidation sites excluding steroid dienone is 12. The normalized spacial score (nSPS) is 12.7. The molecule has 1 atom stereocenters. The van der Waals surface area contributed by atoms with Gasteiger partial charge in [-0.15, -0.1) is 0 Å². The molecule has 60 heavy (non-hydrogen) atoms. The summed E-state index contributed by atoms with van der Waals surface area (Å²) in [5, 5.41) is 0. The molecule has 0 bridgehead atoms. The van der Waals surface area contributed by atoms with Crippen molar-refractivity contribution in [1.29, 1.82) is 0 Å². The summed E-state index contributed by atoms with van der Waals surface area (Å²) in [7, 11) is 0. The lowest BCUT2D eigenvalue weighted by Crippen LogP contribution is -2.30. The lowest BCUT2D eigenvalue weighted by atomic mass is 10.0. The van der Waals surface area contributed by atoms with Crippen LogP contribution in [0.4, 0.5) is 0 Å². The first-order valence-corrected chi connectivity index (χ1v) is 24.9. The van der Waals surface area contributed by atoms with Crippen molar-refractivity contribution in [2.45, 2.75) is 239 Å². The van der Waals surface area contributed by atoms with E-state index < -0.39 is 6.10 Å². The molecule has 0 saturated heterocycles. The van der Waals surface area contributed by atoms with Gasteiger partial charge in [0.25, 0.3) is 0 Å². The van der Waals surface area contributed by atoms with Crippen LogP contribution in [0.15, 0.2) is 72.9 Å². The van der Waals surface area contributed by atoms with Gasteiger partial charge in [0.05, 0.1) is 0 Å². The monoisotopic (exact) mass is 837 g/mol. The predicted molar refractivity (Wildman–Crippen MR) is 256 cm³/mol. The Kier molecular flexibility index (Phi) is 46.0. The van der Waals surface area contributed by atoms with Crippen LogP contribution in [0, 0.1) is 0 Å². The van der Waals surface area contributed by atoms with Crippen molar-refractivity contribution in [2.24, 2.45) is 0 Å². The van der Waals surface area contributed by atoms with E-state index in [0.717, 1.165) is 109 Å². The third-order valence-electron chi connectivity index (χ3n) is 10.4.